The van der Waals surface area contributed by atoms with Gasteiger partial charge in [-0.2, -0.15) is 0 Å². The van der Waals surface area contributed by atoms with Crippen LogP contribution in [0.15, 0.2) is 16.6 Å². The molecule has 0 saturated carbocycles. The normalized spacial score (nSPS) is 12.1. The average Bonchev–Trinajstić information content (AvgIpc) is 2.27. The number of halogens is 1. The molecule has 18 heavy (non-hydrogen) atoms. The Kier molecular flexibility index (Phi) is 5.66. The highest BCUT2D eigenvalue weighted by Gasteiger charge is 2.09. The van der Waals surface area contributed by atoms with Gasteiger partial charge in [-0.15, -0.1) is 0 Å². The lowest BCUT2D eigenvalue weighted by Crippen LogP contribution is -2.35. The molecule has 1 amide bonds. The van der Waals surface area contributed by atoms with Crippen molar-refractivity contribution in [2.45, 2.75) is 40.2 Å². The molecule has 1 rings (SSSR count). The van der Waals surface area contributed by atoms with Gasteiger partial charge in [0, 0.05) is 10.5 Å². The van der Waals surface area contributed by atoms with Crippen LogP contribution >= 0.6 is 15.9 Å². The van der Waals surface area contributed by atoms with Crippen LogP contribution in [0.3, 0.4) is 0 Å². The Morgan fingerprint density at radius 3 is 2.44 bits per heavy atom. The first-order chi connectivity index (χ1) is 8.43. The van der Waals surface area contributed by atoms with Gasteiger partial charge in [-0.25, -0.2) is 0 Å². The van der Waals surface area contributed by atoms with Crippen LogP contribution in [-0.2, 0) is 4.79 Å². The van der Waals surface area contributed by atoms with Crippen LogP contribution in [0.25, 0.3) is 0 Å². The highest BCUT2D eigenvalue weighted by molar-refractivity contribution is 9.10. The Bertz CT molecular complexity index is 409. The van der Waals surface area contributed by atoms with Gasteiger partial charge < -0.3 is 10.1 Å². The summed E-state index contributed by atoms with van der Waals surface area (Å²) in [6, 6.07) is 4.15. The molecule has 1 unspecified atom stereocenters. The zero-order chi connectivity index (χ0) is 13.7. The summed E-state index contributed by atoms with van der Waals surface area (Å²) in [4.78, 5) is 11.6. The molecule has 1 aromatic rings. The predicted molar refractivity (Wildman–Crippen MR) is 77.0 cm³/mol. The third-order valence-corrected chi connectivity index (χ3v) is 3.25. The quantitative estimate of drug-likeness (QED) is 0.905. The van der Waals surface area contributed by atoms with Gasteiger partial charge in [-0.05, 0) is 50.5 Å². The summed E-state index contributed by atoms with van der Waals surface area (Å²) in [5.41, 5.74) is 2.05. The number of rotatable bonds is 5. The zero-order valence-corrected chi connectivity index (χ0v) is 12.9. The highest BCUT2D eigenvalue weighted by atomic mass is 79.9. The molecule has 0 bridgehead atoms. The molecule has 4 heteroatoms. The van der Waals surface area contributed by atoms with Gasteiger partial charge in [0.05, 0.1) is 0 Å². The summed E-state index contributed by atoms with van der Waals surface area (Å²) in [6.07, 6.45) is 0.919. The molecule has 1 aromatic carbocycles. The molecule has 0 aromatic heterocycles. The summed E-state index contributed by atoms with van der Waals surface area (Å²) >= 11 is 3.43. The predicted octanol–water partition coefficient (Wildman–Crippen LogP) is 3.36. The number of aryl methyl sites for hydroxylation is 2. The number of amides is 1. The minimum atomic E-state index is -0.0777. The molecule has 0 aliphatic rings. The first kappa shape index (κ1) is 15.0. The third-order valence-electron chi connectivity index (χ3n) is 2.79. The Hall–Kier alpha value is -1.03. The van der Waals surface area contributed by atoms with Crippen molar-refractivity contribution in [1.29, 1.82) is 0 Å². The fourth-order valence-electron chi connectivity index (χ4n) is 1.68. The van der Waals surface area contributed by atoms with E-state index >= 15 is 0 Å². The smallest absolute Gasteiger partial charge is 0.258 e. The number of hydrogen-bond donors (Lipinski definition) is 1. The first-order valence-electron chi connectivity index (χ1n) is 6.13. The van der Waals surface area contributed by atoms with Crippen LogP contribution in [0.5, 0.6) is 5.75 Å². The molecule has 0 heterocycles. The largest absolute Gasteiger partial charge is 0.483 e. The lowest BCUT2D eigenvalue weighted by Gasteiger charge is -2.14. The summed E-state index contributed by atoms with van der Waals surface area (Å²) in [5.74, 6) is 0.712. The summed E-state index contributed by atoms with van der Waals surface area (Å²) in [5, 5.41) is 2.88. The summed E-state index contributed by atoms with van der Waals surface area (Å²) < 4.78 is 6.62. The lowest BCUT2D eigenvalue weighted by atomic mass is 10.1. The first-order valence-corrected chi connectivity index (χ1v) is 6.92. The lowest BCUT2D eigenvalue weighted by molar-refractivity contribution is -0.123. The van der Waals surface area contributed by atoms with E-state index in [0.29, 0.717) is 0 Å². The van der Waals surface area contributed by atoms with Crippen LogP contribution in [0, 0.1) is 13.8 Å². The van der Waals surface area contributed by atoms with Crippen LogP contribution in [0.2, 0.25) is 0 Å². The maximum absolute atomic E-state index is 11.6. The second-order valence-corrected chi connectivity index (χ2v) is 5.45. The summed E-state index contributed by atoms with van der Waals surface area (Å²) in [7, 11) is 0. The number of benzene rings is 1. The van der Waals surface area contributed by atoms with Crippen LogP contribution < -0.4 is 10.1 Å². The Labute approximate surface area is 117 Å². The highest BCUT2D eigenvalue weighted by Crippen LogP contribution is 2.27. The number of carbonyl (C=O) groups is 1. The van der Waals surface area contributed by atoms with Crippen molar-refractivity contribution in [3.8, 4) is 5.75 Å². The standard InChI is InChI=1S/C14H20BrNO2/c1-5-11(4)16-13(17)8-18-14-9(2)6-12(15)7-10(14)3/h6-7,11H,5,8H2,1-4H3,(H,16,17). The van der Waals surface area contributed by atoms with Crippen molar-refractivity contribution in [3.05, 3.63) is 27.7 Å². The molecule has 0 saturated heterocycles. The molecule has 0 aliphatic heterocycles. The van der Waals surface area contributed by atoms with Gasteiger partial charge in [0.15, 0.2) is 6.61 Å². The SMILES string of the molecule is CCC(C)NC(=O)COc1c(C)cc(Br)cc1C. The van der Waals surface area contributed by atoms with Crippen molar-refractivity contribution < 1.29 is 9.53 Å². The fourth-order valence-corrected chi connectivity index (χ4v) is 2.37. The van der Waals surface area contributed by atoms with E-state index in [1.54, 1.807) is 0 Å². The molecule has 0 aliphatic carbocycles. The molecule has 3 nitrogen and oxygen atoms in total. The maximum Gasteiger partial charge on any atom is 0.258 e. The van der Waals surface area contributed by atoms with Crippen molar-refractivity contribution in [2.24, 2.45) is 0 Å². The minimum Gasteiger partial charge on any atom is -0.483 e. The van der Waals surface area contributed by atoms with Crippen molar-refractivity contribution in [2.75, 3.05) is 6.61 Å². The minimum absolute atomic E-state index is 0.0631. The van der Waals surface area contributed by atoms with Gasteiger partial charge >= 0.3 is 0 Å². The van der Waals surface area contributed by atoms with Crippen LogP contribution in [-0.4, -0.2) is 18.6 Å². The molecule has 0 spiro atoms. The number of ether oxygens (including phenoxy) is 1. The van der Waals surface area contributed by atoms with Crippen molar-refractivity contribution in [3.63, 3.8) is 0 Å². The Morgan fingerprint density at radius 1 is 1.39 bits per heavy atom. The van der Waals surface area contributed by atoms with E-state index in [2.05, 4.69) is 21.2 Å². The van der Waals surface area contributed by atoms with Crippen LogP contribution in [0.1, 0.15) is 31.4 Å². The number of hydrogen-bond acceptors (Lipinski definition) is 2. The maximum atomic E-state index is 11.6. The van der Waals surface area contributed by atoms with Gasteiger partial charge in [-0.1, -0.05) is 22.9 Å². The van der Waals surface area contributed by atoms with Gasteiger partial charge in [0.1, 0.15) is 5.75 Å². The number of carbonyl (C=O) groups excluding carboxylic acids is 1. The monoisotopic (exact) mass is 313 g/mol. The van der Waals surface area contributed by atoms with E-state index < -0.39 is 0 Å². The fraction of sp³-hybridized carbons (Fsp3) is 0.500. The van der Waals surface area contributed by atoms with E-state index in [-0.39, 0.29) is 18.6 Å². The Morgan fingerprint density at radius 2 is 1.94 bits per heavy atom. The third kappa shape index (κ3) is 4.33. The Balaban J connectivity index is 2.61. The molecule has 1 atom stereocenters. The van der Waals surface area contributed by atoms with E-state index in [9.17, 15) is 4.79 Å². The van der Waals surface area contributed by atoms with E-state index in [1.165, 1.54) is 0 Å². The van der Waals surface area contributed by atoms with Gasteiger partial charge in [0.2, 0.25) is 0 Å². The van der Waals surface area contributed by atoms with Gasteiger partial charge in [-0.3, -0.25) is 4.79 Å². The van der Waals surface area contributed by atoms with E-state index in [4.69, 9.17) is 4.74 Å². The second-order valence-electron chi connectivity index (χ2n) is 4.53. The molecular weight excluding hydrogens is 294 g/mol. The van der Waals surface area contributed by atoms with Crippen molar-refractivity contribution >= 4 is 21.8 Å². The van der Waals surface area contributed by atoms with E-state index in [1.807, 2.05) is 39.8 Å². The molecule has 100 valence electrons. The number of nitrogens with one attached hydrogen (secondary N) is 1. The average molecular weight is 314 g/mol. The van der Waals surface area contributed by atoms with Gasteiger partial charge in [0.25, 0.3) is 5.91 Å². The zero-order valence-electron chi connectivity index (χ0n) is 11.3. The van der Waals surface area contributed by atoms with E-state index in [0.717, 1.165) is 27.8 Å². The summed E-state index contributed by atoms with van der Waals surface area (Å²) in [6.45, 7) is 8.02. The van der Waals surface area contributed by atoms with Crippen molar-refractivity contribution in [1.82, 2.24) is 5.32 Å². The molecular formula is C14H20BrNO2. The molecule has 0 fully saturated rings. The van der Waals surface area contributed by atoms with Crippen LogP contribution in [0.4, 0.5) is 0 Å². The topological polar surface area (TPSA) is 38.3 Å². The molecule has 1 N–H and O–H groups in total. The molecule has 0 radical (unpaired) electrons. The second kappa shape index (κ2) is 6.78.